The molecular weight excluding hydrogens is 359 g/mol. The molecule has 2 heterocycles. The second-order valence-corrected chi connectivity index (χ2v) is 7.42. The maximum atomic E-state index is 14.0. The number of amides is 2. The van der Waals surface area contributed by atoms with E-state index in [1.807, 2.05) is 12.4 Å². The Labute approximate surface area is 161 Å². The second-order valence-electron chi connectivity index (χ2n) is 7.42. The number of fused-ring (bicyclic) bond motifs is 1. The lowest BCUT2D eigenvalue weighted by molar-refractivity contribution is -0.117. The number of hydrogen-bond donors (Lipinski definition) is 1. The first-order chi connectivity index (χ1) is 13.6. The third-order valence-electron chi connectivity index (χ3n) is 5.38. The van der Waals surface area contributed by atoms with Crippen molar-refractivity contribution in [2.45, 2.75) is 31.3 Å². The van der Waals surface area contributed by atoms with Crippen LogP contribution in [0.25, 0.3) is 11.0 Å². The number of benzene rings is 2. The molecule has 1 atom stereocenters. The van der Waals surface area contributed by atoms with Gasteiger partial charge in [-0.25, -0.2) is 9.37 Å². The largest absolute Gasteiger partial charge is 0.347 e. The molecule has 7 heteroatoms. The van der Waals surface area contributed by atoms with Crippen LogP contribution in [-0.2, 0) is 4.79 Å². The molecule has 2 aromatic carbocycles. The van der Waals surface area contributed by atoms with Crippen LogP contribution in [-0.4, -0.2) is 34.0 Å². The number of imidazole rings is 1. The van der Waals surface area contributed by atoms with Crippen LogP contribution >= 0.6 is 0 Å². The molecule has 1 saturated carbocycles. The van der Waals surface area contributed by atoms with Crippen molar-refractivity contribution < 1.29 is 14.0 Å². The van der Waals surface area contributed by atoms with Gasteiger partial charge in [-0.15, -0.1) is 0 Å². The van der Waals surface area contributed by atoms with Crippen molar-refractivity contribution in [3.05, 3.63) is 60.2 Å². The maximum Gasteiger partial charge on any atom is 0.251 e. The lowest BCUT2D eigenvalue weighted by atomic mass is 10.1. The molecule has 1 unspecified atom stereocenters. The molecule has 28 heavy (non-hydrogen) atoms. The minimum atomic E-state index is -0.445. The lowest BCUT2D eigenvalue weighted by Crippen LogP contribution is -2.37. The zero-order chi connectivity index (χ0) is 19.3. The number of hydrogen-bond acceptors (Lipinski definition) is 3. The van der Waals surface area contributed by atoms with E-state index in [2.05, 4.69) is 14.9 Å². The van der Waals surface area contributed by atoms with Crippen molar-refractivity contribution in [1.82, 2.24) is 14.9 Å². The summed E-state index contributed by atoms with van der Waals surface area (Å²) in [5, 5.41) is 2.89. The monoisotopic (exact) mass is 378 g/mol. The van der Waals surface area contributed by atoms with Gasteiger partial charge in [0.15, 0.2) is 0 Å². The van der Waals surface area contributed by atoms with Gasteiger partial charge >= 0.3 is 0 Å². The highest BCUT2D eigenvalue weighted by Crippen LogP contribution is 2.37. The number of para-hydroxylation sites is 1. The number of aromatic nitrogens is 2. The van der Waals surface area contributed by atoms with Gasteiger partial charge in [-0.1, -0.05) is 12.1 Å². The molecule has 1 aliphatic heterocycles. The number of carbonyl (C=O) groups excluding carboxylic acids is 2. The first kappa shape index (κ1) is 16.9. The topological polar surface area (TPSA) is 67.2 Å². The van der Waals surface area contributed by atoms with Crippen LogP contribution in [0.4, 0.5) is 10.1 Å². The van der Waals surface area contributed by atoms with Gasteiger partial charge in [0.05, 0.1) is 29.1 Å². The summed E-state index contributed by atoms with van der Waals surface area (Å²) in [7, 11) is 0. The summed E-state index contributed by atoms with van der Waals surface area (Å²) in [6.45, 7) is 0.254. The number of halogens is 1. The van der Waals surface area contributed by atoms with Crippen LogP contribution in [0.1, 0.15) is 35.7 Å². The van der Waals surface area contributed by atoms with E-state index in [0.717, 1.165) is 11.0 Å². The smallest absolute Gasteiger partial charge is 0.251 e. The van der Waals surface area contributed by atoms with Crippen molar-refractivity contribution in [2.75, 3.05) is 11.4 Å². The average Bonchev–Trinajstić information content (AvgIpc) is 3.34. The van der Waals surface area contributed by atoms with E-state index in [-0.39, 0.29) is 36.5 Å². The van der Waals surface area contributed by atoms with Gasteiger partial charge in [-0.3, -0.25) is 9.59 Å². The predicted octanol–water partition coefficient (Wildman–Crippen LogP) is 3.05. The van der Waals surface area contributed by atoms with Crippen molar-refractivity contribution in [2.24, 2.45) is 0 Å². The SMILES string of the molecule is O=C(NC1CC(=O)N(c2ccccc2F)C1)c1ccc2c(c1)ncn2C1CC1. The minimum absolute atomic E-state index is 0.151. The van der Waals surface area contributed by atoms with Crippen molar-refractivity contribution in [3.8, 4) is 0 Å². The zero-order valence-electron chi connectivity index (χ0n) is 15.1. The van der Waals surface area contributed by atoms with Gasteiger partial charge in [-0.2, -0.15) is 0 Å². The summed E-state index contributed by atoms with van der Waals surface area (Å²) in [5.74, 6) is -0.899. The lowest BCUT2D eigenvalue weighted by Gasteiger charge is -2.17. The molecule has 0 spiro atoms. The summed E-state index contributed by atoms with van der Waals surface area (Å²) in [6, 6.07) is 11.8. The van der Waals surface area contributed by atoms with Crippen LogP contribution in [0, 0.1) is 5.82 Å². The Balaban J connectivity index is 1.31. The van der Waals surface area contributed by atoms with Gasteiger partial charge in [0.2, 0.25) is 5.91 Å². The Morgan fingerprint density at radius 3 is 2.79 bits per heavy atom. The third kappa shape index (κ3) is 2.93. The highest BCUT2D eigenvalue weighted by molar-refractivity contribution is 6.00. The molecule has 6 nitrogen and oxygen atoms in total. The minimum Gasteiger partial charge on any atom is -0.347 e. The normalized spacial score (nSPS) is 19.4. The van der Waals surface area contributed by atoms with E-state index in [4.69, 9.17) is 0 Å². The molecule has 1 aliphatic carbocycles. The van der Waals surface area contributed by atoms with E-state index in [1.165, 1.54) is 23.8 Å². The third-order valence-corrected chi connectivity index (χ3v) is 5.38. The van der Waals surface area contributed by atoms with Crippen molar-refractivity contribution in [3.63, 3.8) is 0 Å². The predicted molar refractivity (Wildman–Crippen MR) is 103 cm³/mol. The molecule has 2 amide bonds. The van der Waals surface area contributed by atoms with Crippen LogP contribution in [0.2, 0.25) is 0 Å². The molecule has 3 aromatic rings. The number of nitrogens with zero attached hydrogens (tertiary/aromatic N) is 3. The Bertz CT molecular complexity index is 1090. The van der Waals surface area contributed by atoms with E-state index in [0.29, 0.717) is 11.6 Å². The average molecular weight is 378 g/mol. The van der Waals surface area contributed by atoms with E-state index >= 15 is 0 Å². The number of carbonyl (C=O) groups is 2. The highest BCUT2D eigenvalue weighted by atomic mass is 19.1. The van der Waals surface area contributed by atoms with E-state index < -0.39 is 5.82 Å². The van der Waals surface area contributed by atoms with Gasteiger partial charge in [-0.05, 0) is 43.2 Å². The number of anilines is 1. The first-order valence-corrected chi connectivity index (χ1v) is 9.42. The zero-order valence-corrected chi connectivity index (χ0v) is 15.1. The molecule has 0 bridgehead atoms. The molecule has 0 radical (unpaired) electrons. The molecule has 1 saturated heterocycles. The summed E-state index contributed by atoms with van der Waals surface area (Å²) < 4.78 is 16.1. The van der Waals surface area contributed by atoms with Crippen molar-refractivity contribution >= 4 is 28.5 Å². The van der Waals surface area contributed by atoms with Gasteiger partial charge in [0.1, 0.15) is 5.82 Å². The summed E-state index contributed by atoms with van der Waals surface area (Å²) in [6.07, 6.45) is 4.31. The highest BCUT2D eigenvalue weighted by Gasteiger charge is 2.33. The van der Waals surface area contributed by atoms with Gasteiger partial charge < -0.3 is 14.8 Å². The molecule has 1 N–H and O–H groups in total. The Morgan fingerprint density at radius 2 is 2.00 bits per heavy atom. The fourth-order valence-corrected chi connectivity index (χ4v) is 3.79. The standard InChI is InChI=1S/C21H19FN4O2/c22-16-3-1-2-4-18(16)25-11-14(10-20(25)27)24-21(28)13-5-8-19-17(9-13)23-12-26(19)15-6-7-15/h1-5,8-9,12,14-15H,6-7,10-11H2,(H,24,28). The van der Waals surface area contributed by atoms with Crippen LogP contribution in [0.15, 0.2) is 48.8 Å². The molecule has 2 aliphatic rings. The number of nitrogens with one attached hydrogen (secondary N) is 1. The van der Waals surface area contributed by atoms with Gasteiger partial charge in [0.25, 0.3) is 5.91 Å². The van der Waals surface area contributed by atoms with Crippen LogP contribution in [0.3, 0.4) is 0 Å². The quantitative estimate of drug-likeness (QED) is 0.759. The number of rotatable bonds is 4. The van der Waals surface area contributed by atoms with E-state index in [1.54, 1.807) is 30.3 Å². The molecule has 2 fully saturated rings. The van der Waals surface area contributed by atoms with E-state index in [9.17, 15) is 14.0 Å². The Hall–Kier alpha value is -3.22. The Kier molecular flexibility index (Phi) is 3.89. The maximum absolute atomic E-state index is 14.0. The molecule has 5 rings (SSSR count). The molecule has 142 valence electrons. The Morgan fingerprint density at radius 1 is 1.18 bits per heavy atom. The van der Waals surface area contributed by atoms with Crippen LogP contribution in [0.5, 0.6) is 0 Å². The van der Waals surface area contributed by atoms with Crippen LogP contribution < -0.4 is 10.2 Å². The summed E-state index contributed by atoms with van der Waals surface area (Å²) >= 11 is 0. The fraction of sp³-hybridized carbons (Fsp3) is 0.286. The first-order valence-electron chi connectivity index (χ1n) is 9.42. The van der Waals surface area contributed by atoms with Crippen molar-refractivity contribution in [1.29, 1.82) is 0 Å². The van der Waals surface area contributed by atoms with Gasteiger partial charge in [0, 0.05) is 24.6 Å². The molecule has 1 aromatic heterocycles. The molecular formula is C21H19FN4O2. The fourth-order valence-electron chi connectivity index (χ4n) is 3.79. The summed E-state index contributed by atoms with van der Waals surface area (Å²) in [4.78, 5) is 30.8. The summed E-state index contributed by atoms with van der Waals surface area (Å²) in [5.41, 5.74) is 2.57. The second kappa shape index (κ2) is 6.44.